The van der Waals surface area contributed by atoms with E-state index in [9.17, 15) is 22.8 Å². The predicted molar refractivity (Wildman–Crippen MR) is 152 cm³/mol. The summed E-state index contributed by atoms with van der Waals surface area (Å²) in [6.45, 7) is 3.59. The molecule has 3 amide bonds. The highest BCUT2D eigenvalue weighted by atomic mass is 79.9. The Kier molecular flexibility index (Phi) is 8.78. The van der Waals surface area contributed by atoms with Crippen molar-refractivity contribution in [2.75, 3.05) is 18.5 Å². The van der Waals surface area contributed by atoms with Crippen molar-refractivity contribution in [1.29, 1.82) is 0 Å². The Morgan fingerprint density at radius 1 is 1.05 bits per heavy atom. The van der Waals surface area contributed by atoms with Crippen LogP contribution < -0.4 is 14.2 Å². The molecule has 0 saturated carbocycles. The molecule has 1 aliphatic rings. The number of carbonyl (C=O) groups is 3. The molecule has 1 fully saturated rings. The molecule has 4 rings (SSSR count). The molecule has 1 saturated heterocycles. The molecule has 39 heavy (non-hydrogen) atoms. The zero-order valence-corrected chi connectivity index (χ0v) is 24.1. The zero-order valence-electron chi connectivity index (χ0n) is 20.8. The van der Waals surface area contributed by atoms with Crippen LogP contribution >= 0.6 is 27.7 Å². The van der Waals surface area contributed by atoms with E-state index in [-0.39, 0.29) is 34.6 Å². The van der Waals surface area contributed by atoms with Crippen molar-refractivity contribution in [2.45, 2.75) is 18.7 Å². The lowest BCUT2D eigenvalue weighted by molar-refractivity contribution is -0.123. The molecule has 0 aliphatic carbocycles. The fourth-order valence-corrected chi connectivity index (χ4v) is 5.88. The molecule has 202 valence electrons. The van der Waals surface area contributed by atoms with Gasteiger partial charge in [-0.15, -0.1) is 0 Å². The Bertz CT molecular complexity index is 1550. The summed E-state index contributed by atoms with van der Waals surface area (Å²) in [4.78, 5) is 37.6. The van der Waals surface area contributed by atoms with Gasteiger partial charge in [0.25, 0.3) is 11.1 Å². The number of hydrogen-bond donors (Lipinski definition) is 1. The van der Waals surface area contributed by atoms with Crippen LogP contribution in [0.15, 0.2) is 81.0 Å². The Hall–Kier alpha value is -3.61. The van der Waals surface area contributed by atoms with Gasteiger partial charge in [0.15, 0.2) is 5.75 Å². The smallest absolute Gasteiger partial charge is 0.339 e. The van der Waals surface area contributed by atoms with E-state index in [1.807, 2.05) is 31.2 Å². The summed E-state index contributed by atoms with van der Waals surface area (Å²) in [6, 6.07) is 17.6. The van der Waals surface area contributed by atoms with Crippen molar-refractivity contribution >= 4 is 66.6 Å². The molecule has 0 atom stereocenters. The Morgan fingerprint density at radius 3 is 2.38 bits per heavy atom. The van der Waals surface area contributed by atoms with Gasteiger partial charge in [-0.2, -0.15) is 8.42 Å². The first-order valence-corrected chi connectivity index (χ1v) is 14.6. The molecular formula is C27H23BrN2O7S2. The minimum atomic E-state index is -4.15. The molecule has 1 heterocycles. The van der Waals surface area contributed by atoms with Crippen molar-refractivity contribution in [3.63, 3.8) is 0 Å². The number of hydrogen-bond acceptors (Lipinski definition) is 8. The second kappa shape index (κ2) is 12.1. The lowest BCUT2D eigenvalue weighted by Crippen LogP contribution is -2.32. The average Bonchev–Trinajstić information content (AvgIpc) is 3.14. The number of amides is 3. The fourth-order valence-electron chi connectivity index (χ4n) is 3.48. The molecule has 1 aliphatic heterocycles. The van der Waals surface area contributed by atoms with Crippen LogP contribution in [0.1, 0.15) is 18.1 Å². The number of carbonyl (C=O) groups excluding carboxylic acids is 3. The average molecular weight is 632 g/mol. The fraction of sp³-hybridized carbons (Fsp3) is 0.148. The third-order valence-electron chi connectivity index (χ3n) is 5.39. The minimum absolute atomic E-state index is 0.0412. The second-order valence-electron chi connectivity index (χ2n) is 8.43. The highest BCUT2D eigenvalue weighted by molar-refractivity contribution is 9.10. The number of aryl methyl sites for hydroxylation is 1. The summed E-state index contributed by atoms with van der Waals surface area (Å²) in [5.74, 6) is -0.0132. The van der Waals surface area contributed by atoms with Crippen LogP contribution in [0.4, 0.5) is 10.5 Å². The van der Waals surface area contributed by atoms with E-state index in [0.29, 0.717) is 21.5 Å². The monoisotopic (exact) mass is 630 g/mol. The van der Waals surface area contributed by atoms with Gasteiger partial charge in [0.05, 0.1) is 15.9 Å². The number of nitrogens with zero attached hydrogens (tertiary/aromatic N) is 1. The molecule has 3 aromatic carbocycles. The maximum Gasteiger partial charge on any atom is 0.339 e. The molecule has 0 bridgehead atoms. The van der Waals surface area contributed by atoms with Crippen molar-refractivity contribution < 1.29 is 31.7 Å². The molecule has 0 spiro atoms. The topological polar surface area (TPSA) is 119 Å². The van der Waals surface area contributed by atoms with Gasteiger partial charge < -0.3 is 14.2 Å². The first-order valence-electron chi connectivity index (χ1n) is 11.6. The largest absolute Gasteiger partial charge is 0.492 e. The van der Waals surface area contributed by atoms with Gasteiger partial charge in [0.1, 0.15) is 17.3 Å². The zero-order chi connectivity index (χ0) is 28.2. The molecular weight excluding hydrogens is 608 g/mol. The maximum atomic E-state index is 12.8. The van der Waals surface area contributed by atoms with Crippen molar-refractivity contribution in [3.05, 3.63) is 87.2 Å². The summed E-state index contributed by atoms with van der Waals surface area (Å²) >= 11 is 4.13. The Morgan fingerprint density at radius 2 is 1.74 bits per heavy atom. The van der Waals surface area contributed by atoms with Crippen LogP contribution in [0.2, 0.25) is 0 Å². The van der Waals surface area contributed by atoms with Gasteiger partial charge in [-0.3, -0.25) is 19.3 Å². The predicted octanol–water partition coefficient (Wildman–Crippen LogP) is 5.60. The van der Waals surface area contributed by atoms with E-state index in [2.05, 4.69) is 21.2 Å². The van der Waals surface area contributed by atoms with E-state index in [4.69, 9.17) is 8.92 Å². The van der Waals surface area contributed by atoms with Crippen molar-refractivity contribution in [1.82, 2.24) is 4.90 Å². The standard InChI is InChI=1S/C27H23BrN2O7S2/c1-17-3-8-21(9-4-17)36-14-13-30-26(32)25(38-27(30)33)16-19-5-12-24(23(28)15-19)37-39(34,35)22-10-6-20(7-11-22)29-18(2)31/h3-12,15-16H,13-14H2,1-2H3,(H,29,31)/b25-16-. The van der Waals surface area contributed by atoms with Gasteiger partial charge in [0, 0.05) is 12.6 Å². The number of anilines is 1. The van der Waals surface area contributed by atoms with E-state index >= 15 is 0 Å². The third kappa shape index (κ3) is 7.28. The Balaban J connectivity index is 1.40. The van der Waals surface area contributed by atoms with E-state index < -0.39 is 21.3 Å². The molecule has 12 heteroatoms. The molecule has 0 unspecified atom stereocenters. The summed E-state index contributed by atoms with van der Waals surface area (Å²) < 4.78 is 36.7. The SMILES string of the molecule is CC(=O)Nc1ccc(S(=O)(=O)Oc2ccc(/C=C3\SC(=O)N(CCOc4ccc(C)cc4)C3=O)cc2Br)cc1. The van der Waals surface area contributed by atoms with Crippen molar-refractivity contribution in [2.24, 2.45) is 0 Å². The van der Waals surface area contributed by atoms with E-state index in [1.165, 1.54) is 37.3 Å². The summed E-state index contributed by atoms with van der Waals surface area (Å²) in [6.07, 6.45) is 1.55. The van der Waals surface area contributed by atoms with Gasteiger partial charge in [0.2, 0.25) is 5.91 Å². The molecule has 1 N–H and O–H groups in total. The summed E-state index contributed by atoms with van der Waals surface area (Å²) in [7, 11) is -4.15. The number of halogens is 1. The quantitative estimate of drug-likeness (QED) is 0.240. The molecule has 3 aromatic rings. The molecule has 9 nitrogen and oxygen atoms in total. The van der Waals surface area contributed by atoms with Crippen LogP contribution in [0.3, 0.4) is 0 Å². The first-order chi connectivity index (χ1) is 18.5. The summed E-state index contributed by atoms with van der Waals surface area (Å²) in [5, 5.41) is 2.17. The number of ether oxygens (including phenoxy) is 1. The third-order valence-corrected chi connectivity index (χ3v) is 8.17. The van der Waals surface area contributed by atoms with Crippen LogP contribution in [0.25, 0.3) is 6.08 Å². The lowest BCUT2D eigenvalue weighted by atomic mass is 10.2. The summed E-state index contributed by atoms with van der Waals surface area (Å²) in [5.41, 5.74) is 2.11. The second-order valence-corrected chi connectivity index (χ2v) is 11.8. The minimum Gasteiger partial charge on any atom is -0.492 e. The maximum absolute atomic E-state index is 12.8. The number of imide groups is 1. The van der Waals surface area contributed by atoms with Crippen molar-refractivity contribution in [3.8, 4) is 11.5 Å². The highest BCUT2D eigenvalue weighted by Gasteiger charge is 2.34. The van der Waals surface area contributed by atoms with Gasteiger partial charge in [-0.25, -0.2) is 0 Å². The van der Waals surface area contributed by atoms with Crippen LogP contribution in [-0.2, 0) is 19.7 Å². The molecule has 0 aromatic heterocycles. The normalized spacial score (nSPS) is 14.5. The van der Waals surface area contributed by atoms with Gasteiger partial charge in [-0.1, -0.05) is 23.8 Å². The Labute approximate surface area is 238 Å². The van der Waals surface area contributed by atoms with Gasteiger partial charge >= 0.3 is 10.1 Å². The number of thioether (sulfide) groups is 1. The van der Waals surface area contributed by atoms with E-state index in [0.717, 1.165) is 22.2 Å². The van der Waals surface area contributed by atoms with E-state index in [1.54, 1.807) is 18.2 Å². The number of benzene rings is 3. The van der Waals surface area contributed by atoms with Gasteiger partial charge in [-0.05, 0) is 94.8 Å². The number of nitrogens with one attached hydrogen (secondary N) is 1. The van der Waals surface area contributed by atoms with Crippen LogP contribution in [-0.4, -0.2) is 43.5 Å². The first kappa shape index (κ1) is 28.4. The highest BCUT2D eigenvalue weighted by Crippen LogP contribution is 2.34. The lowest BCUT2D eigenvalue weighted by Gasteiger charge is -2.13. The molecule has 0 radical (unpaired) electrons. The van der Waals surface area contributed by atoms with Crippen LogP contribution in [0, 0.1) is 6.92 Å². The number of rotatable bonds is 9. The van der Waals surface area contributed by atoms with Crippen LogP contribution in [0.5, 0.6) is 11.5 Å².